The monoisotopic (exact) mass is 636 g/mol. The van der Waals surface area contributed by atoms with Gasteiger partial charge in [0.1, 0.15) is 13.2 Å². The molecule has 0 aliphatic heterocycles. The molecule has 0 bridgehead atoms. The molecule has 0 aliphatic carbocycles. The lowest BCUT2D eigenvalue weighted by Crippen LogP contribution is -2.46. The molecule has 9 heteroatoms. The number of nitrogens with zero attached hydrogens (tertiary/aromatic N) is 1. The summed E-state index contributed by atoms with van der Waals surface area (Å²) in [5, 5.41) is 13.7. The van der Waals surface area contributed by atoms with E-state index in [0.717, 1.165) is 51.4 Å². The second kappa shape index (κ2) is 27.8. The van der Waals surface area contributed by atoms with Crippen molar-refractivity contribution in [1.82, 2.24) is 5.32 Å². The van der Waals surface area contributed by atoms with Crippen LogP contribution in [0.1, 0.15) is 162 Å². The van der Waals surface area contributed by atoms with Gasteiger partial charge in [-0.2, -0.15) is 0 Å². The number of quaternary nitrogens is 1. The Morgan fingerprint density at radius 1 is 0.698 bits per heavy atom. The van der Waals surface area contributed by atoms with Gasteiger partial charge in [0.2, 0.25) is 5.91 Å². The zero-order valence-corrected chi connectivity index (χ0v) is 29.9. The molecule has 258 valence electrons. The Bertz CT molecular complexity index is 688. The molecule has 0 saturated heterocycles. The molecular formula is C34H72N2O6P+. The fourth-order valence-electron chi connectivity index (χ4n) is 5.16. The number of phosphoric ester groups is 1. The van der Waals surface area contributed by atoms with Crippen molar-refractivity contribution in [1.29, 1.82) is 0 Å². The van der Waals surface area contributed by atoms with Gasteiger partial charge in [-0.15, -0.1) is 0 Å². The highest BCUT2D eigenvalue weighted by Gasteiger charge is 2.28. The van der Waals surface area contributed by atoms with Gasteiger partial charge in [-0.3, -0.25) is 13.8 Å². The number of hydrogen-bond acceptors (Lipinski definition) is 5. The van der Waals surface area contributed by atoms with E-state index in [9.17, 15) is 19.4 Å². The lowest BCUT2D eigenvalue weighted by atomic mass is 10.0. The van der Waals surface area contributed by atoms with E-state index in [1.54, 1.807) is 0 Å². The lowest BCUT2D eigenvalue weighted by molar-refractivity contribution is -0.870. The molecule has 3 N–H and O–H groups in total. The molecule has 0 aliphatic rings. The van der Waals surface area contributed by atoms with Gasteiger partial charge in [0.05, 0.1) is 39.9 Å². The first-order valence-corrected chi connectivity index (χ1v) is 19.4. The van der Waals surface area contributed by atoms with Gasteiger partial charge in [-0.1, -0.05) is 142 Å². The normalized spacial score (nSPS) is 14.9. The number of amides is 1. The average Bonchev–Trinajstić information content (AvgIpc) is 2.94. The van der Waals surface area contributed by atoms with E-state index in [1.807, 2.05) is 21.1 Å². The van der Waals surface area contributed by atoms with Gasteiger partial charge in [-0.05, 0) is 12.8 Å². The minimum Gasteiger partial charge on any atom is -0.391 e. The van der Waals surface area contributed by atoms with Crippen molar-refractivity contribution >= 4 is 13.7 Å². The van der Waals surface area contributed by atoms with Crippen molar-refractivity contribution < 1.29 is 32.9 Å². The number of aliphatic hydroxyl groups excluding tert-OH is 1. The molecule has 0 rings (SSSR count). The molecule has 0 fully saturated rings. The van der Waals surface area contributed by atoms with E-state index >= 15 is 0 Å². The van der Waals surface area contributed by atoms with Crippen LogP contribution in [-0.2, 0) is 18.4 Å². The SMILES string of the molecule is CCCCCCCCCCCCCCCCCCC(=O)NC(COP(=O)(O)OCC[N+](C)(C)C)C(O)CCCCCCC. The smallest absolute Gasteiger partial charge is 0.391 e. The molecule has 0 spiro atoms. The molecular weight excluding hydrogens is 563 g/mol. The second-order valence-corrected chi connectivity index (χ2v) is 15.1. The minimum atomic E-state index is -4.28. The van der Waals surface area contributed by atoms with Crippen LogP contribution >= 0.6 is 7.82 Å². The lowest BCUT2D eigenvalue weighted by Gasteiger charge is -2.26. The van der Waals surface area contributed by atoms with Crippen LogP contribution in [0.4, 0.5) is 0 Å². The summed E-state index contributed by atoms with van der Waals surface area (Å²) in [5.41, 5.74) is 0. The van der Waals surface area contributed by atoms with Crippen LogP contribution in [0.15, 0.2) is 0 Å². The molecule has 0 aromatic carbocycles. The summed E-state index contributed by atoms with van der Waals surface area (Å²) in [4.78, 5) is 22.8. The molecule has 8 nitrogen and oxygen atoms in total. The first-order chi connectivity index (χ1) is 20.5. The van der Waals surface area contributed by atoms with E-state index in [0.29, 0.717) is 23.9 Å². The highest BCUT2D eigenvalue weighted by molar-refractivity contribution is 7.47. The van der Waals surface area contributed by atoms with Gasteiger partial charge in [-0.25, -0.2) is 4.57 Å². The molecule has 0 radical (unpaired) electrons. The summed E-state index contributed by atoms with van der Waals surface area (Å²) in [6.07, 6.45) is 25.9. The maximum atomic E-state index is 12.7. The highest BCUT2D eigenvalue weighted by Crippen LogP contribution is 2.43. The van der Waals surface area contributed by atoms with Crippen LogP contribution in [0, 0.1) is 0 Å². The van der Waals surface area contributed by atoms with E-state index in [-0.39, 0.29) is 19.1 Å². The van der Waals surface area contributed by atoms with Gasteiger partial charge >= 0.3 is 7.82 Å². The first kappa shape index (κ1) is 42.5. The third-order valence-corrected chi connectivity index (χ3v) is 9.09. The molecule has 0 saturated carbocycles. The number of unbranched alkanes of at least 4 members (excludes halogenated alkanes) is 19. The number of nitrogens with one attached hydrogen (secondary N) is 1. The van der Waals surface area contributed by atoms with Crippen LogP contribution in [-0.4, -0.2) is 73.4 Å². The fourth-order valence-corrected chi connectivity index (χ4v) is 5.90. The summed E-state index contributed by atoms with van der Waals surface area (Å²) in [6, 6.07) is -0.748. The van der Waals surface area contributed by atoms with Crippen LogP contribution in [0.2, 0.25) is 0 Å². The van der Waals surface area contributed by atoms with Gasteiger partial charge in [0, 0.05) is 6.42 Å². The molecule has 3 unspecified atom stereocenters. The largest absolute Gasteiger partial charge is 0.472 e. The second-order valence-electron chi connectivity index (χ2n) is 13.6. The number of carbonyl (C=O) groups excluding carboxylic acids is 1. The summed E-state index contributed by atoms with van der Waals surface area (Å²) in [6.45, 7) is 4.79. The zero-order valence-electron chi connectivity index (χ0n) is 29.0. The predicted octanol–water partition coefficient (Wildman–Crippen LogP) is 8.68. The minimum absolute atomic E-state index is 0.0769. The topological polar surface area (TPSA) is 105 Å². The molecule has 0 aromatic heterocycles. The number of rotatable bonds is 32. The van der Waals surface area contributed by atoms with Gasteiger partial charge in [0.25, 0.3) is 0 Å². The van der Waals surface area contributed by atoms with Crippen molar-refractivity contribution in [3.05, 3.63) is 0 Å². The Hall–Kier alpha value is -0.500. The van der Waals surface area contributed by atoms with E-state index in [2.05, 4.69) is 19.2 Å². The quantitative estimate of drug-likeness (QED) is 0.0388. The summed E-state index contributed by atoms with van der Waals surface area (Å²) in [5.74, 6) is -0.150. The van der Waals surface area contributed by atoms with Crippen molar-refractivity contribution in [2.45, 2.75) is 174 Å². The standard InChI is InChI=1S/C34H71N2O6P/c1-6-8-10-12-13-14-15-16-17-18-19-20-21-22-24-26-28-34(38)35-32(33(37)27-25-23-11-9-7-2)31-42-43(39,40)41-30-29-36(3,4)5/h32-33,37H,6-31H2,1-5H3,(H-,35,38,39,40)/p+1. The van der Waals surface area contributed by atoms with Gasteiger partial charge in [0.15, 0.2) is 0 Å². The summed E-state index contributed by atoms with van der Waals surface area (Å²) < 4.78 is 23.3. The van der Waals surface area contributed by atoms with E-state index in [4.69, 9.17) is 9.05 Å². The molecule has 3 atom stereocenters. The number of likely N-dealkylation sites (N-methyl/N-ethyl adjacent to an activating group) is 1. The number of phosphoric acid groups is 1. The van der Waals surface area contributed by atoms with Gasteiger partial charge < -0.3 is 19.8 Å². The van der Waals surface area contributed by atoms with Crippen LogP contribution in [0.3, 0.4) is 0 Å². The van der Waals surface area contributed by atoms with Crippen LogP contribution in [0.25, 0.3) is 0 Å². The Morgan fingerprint density at radius 3 is 1.56 bits per heavy atom. The number of carbonyl (C=O) groups is 1. The Labute approximate surface area is 266 Å². The van der Waals surface area contributed by atoms with Crippen molar-refractivity contribution in [2.75, 3.05) is 40.9 Å². The third-order valence-electron chi connectivity index (χ3n) is 8.11. The summed E-state index contributed by atoms with van der Waals surface area (Å²) >= 11 is 0. The number of aliphatic hydroxyl groups is 1. The molecule has 1 amide bonds. The van der Waals surface area contributed by atoms with Crippen molar-refractivity contribution in [3.63, 3.8) is 0 Å². The molecule has 43 heavy (non-hydrogen) atoms. The Balaban J connectivity index is 4.24. The first-order valence-electron chi connectivity index (χ1n) is 17.9. The van der Waals surface area contributed by atoms with Crippen LogP contribution in [0.5, 0.6) is 0 Å². The fraction of sp³-hybridized carbons (Fsp3) is 0.971. The van der Waals surface area contributed by atoms with E-state index in [1.165, 1.54) is 83.5 Å². The zero-order chi connectivity index (χ0) is 32.2. The predicted molar refractivity (Wildman–Crippen MR) is 180 cm³/mol. The maximum absolute atomic E-state index is 12.7. The molecule has 0 aromatic rings. The Kier molecular flexibility index (Phi) is 27.5. The Morgan fingerprint density at radius 2 is 1.12 bits per heavy atom. The van der Waals surface area contributed by atoms with E-state index < -0.39 is 20.0 Å². The average molecular weight is 636 g/mol. The molecule has 0 heterocycles. The third kappa shape index (κ3) is 29.9. The van der Waals surface area contributed by atoms with Crippen molar-refractivity contribution in [2.24, 2.45) is 0 Å². The van der Waals surface area contributed by atoms with Crippen LogP contribution < -0.4 is 5.32 Å². The highest BCUT2D eigenvalue weighted by atomic mass is 31.2. The summed E-state index contributed by atoms with van der Waals surface area (Å²) in [7, 11) is 1.62. The maximum Gasteiger partial charge on any atom is 0.472 e. The van der Waals surface area contributed by atoms with Crippen molar-refractivity contribution in [3.8, 4) is 0 Å². The number of hydrogen-bond donors (Lipinski definition) is 3.